The lowest BCUT2D eigenvalue weighted by Gasteiger charge is -2.22. The van der Waals surface area contributed by atoms with Crippen molar-refractivity contribution in [3.8, 4) is 0 Å². The summed E-state index contributed by atoms with van der Waals surface area (Å²) in [5.74, 6) is 1.51. The van der Waals surface area contributed by atoms with E-state index in [1.807, 2.05) is 43.3 Å². The van der Waals surface area contributed by atoms with E-state index in [-0.39, 0.29) is 0 Å². The standard InChI is InChI=1S/C20H22N4/c1-4-24(18-12-8-9-15(2)13-18)20-21-16(3)14-19(23-20)22-17-10-6-5-7-11-17/h5-14H,4H2,1-3H3,(H,21,22,23). The molecule has 122 valence electrons. The van der Waals surface area contributed by atoms with Crippen molar-refractivity contribution >= 4 is 23.1 Å². The molecular weight excluding hydrogens is 296 g/mol. The van der Waals surface area contributed by atoms with Gasteiger partial charge in [0.25, 0.3) is 0 Å². The summed E-state index contributed by atoms with van der Waals surface area (Å²) in [6.07, 6.45) is 0. The van der Waals surface area contributed by atoms with E-state index < -0.39 is 0 Å². The van der Waals surface area contributed by atoms with Crippen LogP contribution in [0, 0.1) is 13.8 Å². The first-order valence-corrected chi connectivity index (χ1v) is 8.17. The molecule has 0 fully saturated rings. The monoisotopic (exact) mass is 318 g/mol. The van der Waals surface area contributed by atoms with Crippen LogP contribution in [0.3, 0.4) is 0 Å². The first-order valence-electron chi connectivity index (χ1n) is 8.17. The molecule has 3 rings (SSSR count). The van der Waals surface area contributed by atoms with Crippen molar-refractivity contribution in [3.63, 3.8) is 0 Å². The van der Waals surface area contributed by atoms with Crippen LogP contribution in [-0.4, -0.2) is 16.5 Å². The van der Waals surface area contributed by atoms with Gasteiger partial charge in [-0.1, -0.05) is 30.3 Å². The molecule has 0 saturated carbocycles. The van der Waals surface area contributed by atoms with Gasteiger partial charge in [0.1, 0.15) is 5.82 Å². The number of nitrogens with one attached hydrogen (secondary N) is 1. The number of hydrogen-bond acceptors (Lipinski definition) is 4. The summed E-state index contributed by atoms with van der Waals surface area (Å²) in [6.45, 7) is 7.00. The van der Waals surface area contributed by atoms with Gasteiger partial charge in [-0.05, 0) is 50.6 Å². The minimum atomic E-state index is 0.710. The van der Waals surface area contributed by atoms with Crippen LogP contribution in [0.25, 0.3) is 0 Å². The van der Waals surface area contributed by atoms with Crippen LogP contribution in [-0.2, 0) is 0 Å². The van der Waals surface area contributed by atoms with Crippen LogP contribution >= 0.6 is 0 Å². The number of rotatable bonds is 5. The Morgan fingerprint density at radius 3 is 2.42 bits per heavy atom. The van der Waals surface area contributed by atoms with Crippen molar-refractivity contribution in [1.82, 2.24) is 9.97 Å². The molecule has 0 aliphatic carbocycles. The molecule has 0 amide bonds. The Kier molecular flexibility index (Phi) is 4.75. The number of nitrogens with zero attached hydrogens (tertiary/aromatic N) is 3. The molecule has 0 unspecified atom stereocenters. The van der Waals surface area contributed by atoms with Gasteiger partial charge in [-0.15, -0.1) is 0 Å². The summed E-state index contributed by atoms with van der Waals surface area (Å²) < 4.78 is 0. The smallest absolute Gasteiger partial charge is 0.232 e. The fraction of sp³-hybridized carbons (Fsp3) is 0.200. The van der Waals surface area contributed by atoms with Crippen LogP contribution in [0.4, 0.5) is 23.1 Å². The van der Waals surface area contributed by atoms with Crippen molar-refractivity contribution in [2.45, 2.75) is 20.8 Å². The summed E-state index contributed by atoms with van der Waals surface area (Å²) in [5, 5.41) is 3.35. The molecule has 0 aliphatic rings. The van der Waals surface area contributed by atoms with E-state index in [9.17, 15) is 0 Å². The highest BCUT2D eigenvalue weighted by Gasteiger charge is 2.12. The molecule has 0 saturated heterocycles. The van der Waals surface area contributed by atoms with Crippen molar-refractivity contribution in [2.75, 3.05) is 16.8 Å². The van der Waals surface area contributed by atoms with Crippen LogP contribution in [0.15, 0.2) is 60.7 Å². The average Bonchev–Trinajstić information content (AvgIpc) is 2.56. The average molecular weight is 318 g/mol. The highest BCUT2D eigenvalue weighted by molar-refractivity contribution is 5.62. The van der Waals surface area contributed by atoms with E-state index in [2.05, 4.69) is 53.3 Å². The van der Waals surface area contributed by atoms with E-state index in [0.29, 0.717) is 5.95 Å². The molecule has 0 atom stereocenters. The first-order chi connectivity index (χ1) is 11.7. The second-order valence-corrected chi connectivity index (χ2v) is 5.77. The quantitative estimate of drug-likeness (QED) is 0.719. The zero-order valence-corrected chi connectivity index (χ0v) is 14.3. The van der Waals surface area contributed by atoms with Gasteiger partial charge in [0.2, 0.25) is 5.95 Å². The van der Waals surface area contributed by atoms with Crippen LogP contribution in [0.1, 0.15) is 18.2 Å². The molecule has 24 heavy (non-hydrogen) atoms. The van der Waals surface area contributed by atoms with E-state index in [4.69, 9.17) is 4.98 Å². The minimum Gasteiger partial charge on any atom is -0.340 e. The molecule has 0 aliphatic heterocycles. The van der Waals surface area contributed by atoms with Crippen LogP contribution in [0.5, 0.6) is 0 Å². The number of para-hydroxylation sites is 1. The highest BCUT2D eigenvalue weighted by Crippen LogP contribution is 2.25. The minimum absolute atomic E-state index is 0.710. The predicted octanol–water partition coefficient (Wildman–Crippen LogP) is 5.00. The Bertz CT molecular complexity index is 815. The highest BCUT2D eigenvalue weighted by atomic mass is 15.3. The Morgan fingerprint density at radius 1 is 0.917 bits per heavy atom. The fourth-order valence-electron chi connectivity index (χ4n) is 2.64. The Balaban J connectivity index is 1.95. The molecule has 0 bridgehead atoms. The van der Waals surface area contributed by atoms with Gasteiger partial charge in [-0.2, -0.15) is 4.98 Å². The van der Waals surface area contributed by atoms with Crippen molar-refractivity contribution < 1.29 is 0 Å². The fourth-order valence-corrected chi connectivity index (χ4v) is 2.64. The van der Waals surface area contributed by atoms with Gasteiger partial charge in [0.05, 0.1) is 0 Å². The van der Waals surface area contributed by atoms with Crippen molar-refractivity contribution in [2.24, 2.45) is 0 Å². The summed E-state index contributed by atoms with van der Waals surface area (Å²) in [5.41, 5.74) is 4.28. The van der Waals surface area contributed by atoms with E-state index in [1.165, 1.54) is 5.56 Å². The molecule has 0 radical (unpaired) electrons. The van der Waals surface area contributed by atoms with Gasteiger partial charge in [0, 0.05) is 29.7 Å². The normalized spacial score (nSPS) is 10.5. The van der Waals surface area contributed by atoms with Gasteiger partial charge in [0.15, 0.2) is 0 Å². The zero-order chi connectivity index (χ0) is 16.9. The lowest BCUT2D eigenvalue weighted by atomic mass is 10.2. The zero-order valence-electron chi connectivity index (χ0n) is 14.3. The van der Waals surface area contributed by atoms with E-state index >= 15 is 0 Å². The molecule has 4 heteroatoms. The third-order valence-corrected chi connectivity index (χ3v) is 3.76. The second-order valence-electron chi connectivity index (χ2n) is 5.77. The van der Waals surface area contributed by atoms with Gasteiger partial charge in [-0.3, -0.25) is 0 Å². The van der Waals surface area contributed by atoms with Gasteiger partial charge in [-0.25, -0.2) is 4.98 Å². The van der Waals surface area contributed by atoms with Crippen LogP contribution in [0.2, 0.25) is 0 Å². The maximum absolute atomic E-state index is 4.71. The third-order valence-electron chi connectivity index (χ3n) is 3.76. The first kappa shape index (κ1) is 16.0. The molecule has 1 heterocycles. The lowest BCUT2D eigenvalue weighted by Crippen LogP contribution is -2.19. The molecule has 1 N–H and O–H groups in total. The topological polar surface area (TPSA) is 41.1 Å². The van der Waals surface area contributed by atoms with Crippen molar-refractivity contribution in [1.29, 1.82) is 0 Å². The summed E-state index contributed by atoms with van der Waals surface area (Å²) in [4.78, 5) is 11.5. The molecule has 0 spiro atoms. The SMILES string of the molecule is CCN(c1cccc(C)c1)c1nc(C)cc(Nc2ccccc2)n1. The number of hydrogen-bond donors (Lipinski definition) is 1. The number of aryl methyl sites for hydroxylation is 2. The Labute approximate surface area is 143 Å². The summed E-state index contributed by atoms with van der Waals surface area (Å²) in [6, 6.07) is 20.4. The molecule has 4 nitrogen and oxygen atoms in total. The van der Waals surface area contributed by atoms with Gasteiger partial charge >= 0.3 is 0 Å². The van der Waals surface area contributed by atoms with Crippen molar-refractivity contribution in [3.05, 3.63) is 71.9 Å². The maximum atomic E-state index is 4.71. The summed E-state index contributed by atoms with van der Waals surface area (Å²) in [7, 11) is 0. The third kappa shape index (κ3) is 3.71. The Hall–Kier alpha value is -2.88. The van der Waals surface area contributed by atoms with Gasteiger partial charge < -0.3 is 10.2 Å². The second kappa shape index (κ2) is 7.13. The largest absolute Gasteiger partial charge is 0.340 e. The van der Waals surface area contributed by atoms with Crippen LogP contribution < -0.4 is 10.2 Å². The van der Waals surface area contributed by atoms with E-state index in [1.54, 1.807) is 0 Å². The molecule has 2 aromatic carbocycles. The number of benzene rings is 2. The molecular formula is C20H22N4. The number of aromatic nitrogens is 2. The Morgan fingerprint density at radius 2 is 1.71 bits per heavy atom. The predicted molar refractivity (Wildman–Crippen MR) is 100 cm³/mol. The summed E-state index contributed by atoms with van der Waals surface area (Å²) >= 11 is 0. The molecule has 3 aromatic rings. The lowest BCUT2D eigenvalue weighted by molar-refractivity contribution is 0.935. The van der Waals surface area contributed by atoms with E-state index in [0.717, 1.165) is 29.4 Å². The maximum Gasteiger partial charge on any atom is 0.232 e. The molecule has 1 aromatic heterocycles. The number of anilines is 4.